The van der Waals surface area contributed by atoms with Crippen LogP contribution in [-0.2, 0) is 6.54 Å². The van der Waals surface area contributed by atoms with E-state index in [-0.39, 0.29) is 11.1 Å². The molecular formula is C19H22N4OS. The number of likely N-dealkylation sites (tertiary alicyclic amines) is 1. The van der Waals surface area contributed by atoms with E-state index in [1.54, 1.807) is 0 Å². The lowest BCUT2D eigenvalue weighted by Gasteiger charge is -2.19. The first-order valence-electron chi connectivity index (χ1n) is 8.61. The number of nitriles is 1. The summed E-state index contributed by atoms with van der Waals surface area (Å²) in [4.78, 5) is 21.6. The second-order valence-electron chi connectivity index (χ2n) is 6.30. The molecule has 25 heavy (non-hydrogen) atoms. The standard InChI is InChI=1S/C19H22N4OS/c1-25-19-21-17(16(12-20)18(24)22-19)15-8-6-14(7-9-15)13-23-10-4-2-3-5-11-23/h6-9H,2-5,10-11,13H2,1H3,(H,21,22,24). The predicted octanol–water partition coefficient (Wildman–Crippen LogP) is 3.41. The number of rotatable bonds is 4. The summed E-state index contributed by atoms with van der Waals surface area (Å²) in [5.41, 5.74) is 2.19. The molecule has 0 aliphatic carbocycles. The van der Waals surface area contributed by atoms with Crippen LogP contribution in [0.3, 0.4) is 0 Å². The van der Waals surface area contributed by atoms with Crippen LogP contribution >= 0.6 is 11.8 Å². The van der Waals surface area contributed by atoms with Gasteiger partial charge in [0.1, 0.15) is 11.6 Å². The highest BCUT2D eigenvalue weighted by atomic mass is 32.2. The summed E-state index contributed by atoms with van der Waals surface area (Å²) < 4.78 is 0. The van der Waals surface area contributed by atoms with E-state index < -0.39 is 0 Å². The van der Waals surface area contributed by atoms with E-state index in [1.165, 1.54) is 43.0 Å². The van der Waals surface area contributed by atoms with Gasteiger partial charge in [-0.1, -0.05) is 48.9 Å². The molecule has 5 nitrogen and oxygen atoms in total. The lowest BCUT2D eigenvalue weighted by atomic mass is 10.1. The predicted molar refractivity (Wildman–Crippen MR) is 101 cm³/mol. The highest BCUT2D eigenvalue weighted by Crippen LogP contribution is 2.22. The van der Waals surface area contributed by atoms with Gasteiger partial charge in [0.15, 0.2) is 5.16 Å². The van der Waals surface area contributed by atoms with Gasteiger partial charge in [0.25, 0.3) is 5.56 Å². The van der Waals surface area contributed by atoms with Crippen LogP contribution in [0.15, 0.2) is 34.2 Å². The summed E-state index contributed by atoms with van der Waals surface area (Å²) in [5, 5.41) is 9.82. The van der Waals surface area contributed by atoms with Crippen molar-refractivity contribution in [2.24, 2.45) is 0 Å². The van der Waals surface area contributed by atoms with Crippen molar-refractivity contribution in [3.8, 4) is 17.3 Å². The van der Waals surface area contributed by atoms with Crippen molar-refractivity contribution >= 4 is 11.8 Å². The number of benzene rings is 1. The molecule has 1 fully saturated rings. The third-order valence-electron chi connectivity index (χ3n) is 4.54. The molecule has 1 N–H and O–H groups in total. The fourth-order valence-electron chi connectivity index (χ4n) is 3.18. The molecule has 2 heterocycles. The van der Waals surface area contributed by atoms with Crippen molar-refractivity contribution in [3.05, 3.63) is 45.7 Å². The summed E-state index contributed by atoms with van der Waals surface area (Å²) in [7, 11) is 0. The summed E-state index contributed by atoms with van der Waals surface area (Å²) in [6.07, 6.45) is 7.06. The fraction of sp³-hybridized carbons (Fsp3) is 0.421. The molecule has 0 unspecified atom stereocenters. The quantitative estimate of drug-likeness (QED) is 0.673. The van der Waals surface area contributed by atoms with E-state index in [1.807, 2.05) is 24.5 Å². The third-order valence-corrected chi connectivity index (χ3v) is 5.12. The normalized spacial score (nSPS) is 15.5. The maximum absolute atomic E-state index is 12.0. The van der Waals surface area contributed by atoms with Gasteiger partial charge >= 0.3 is 0 Å². The van der Waals surface area contributed by atoms with Gasteiger partial charge in [0.05, 0.1) is 5.69 Å². The Labute approximate surface area is 152 Å². The zero-order chi connectivity index (χ0) is 17.6. The largest absolute Gasteiger partial charge is 0.300 e. The highest BCUT2D eigenvalue weighted by Gasteiger charge is 2.14. The Morgan fingerprint density at radius 2 is 1.88 bits per heavy atom. The first-order chi connectivity index (χ1) is 12.2. The number of hydrogen-bond donors (Lipinski definition) is 1. The second kappa shape index (κ2) is 8.32. The lowest BCUT2D eigenvalue weighted by Crippen LogP contribution is -2.23. The Bertz CT molecular complexity index is 815. The van der Waals surface area contributed by atoms with Crippen LogP contribution in [-0.4, -0.2) is 34.2 Å². The maximum Gasteiger partial charge on any atom is 0.270 e. The number of hydrogen-bond acceptors (Lipinski definition) is 5. The first-order valence-corrected chi connectivity index (χ1v) is 9.84. The van der Waals surface area contributed by atoms with E-state index in [4.69, 9.17) is 0 Å². The topological polar surface area (TPSA) is 72.8 Å². The molecule has 1 aliphatic rings. The van der Waals surface area contributed by atoms with E-state index >= 15 is 0 Å². The van der Waals surface area contributed by atoms with Crippen LogP contribution in [0, 0.1) is 11.3 Å². The van der Waals surface area contributed by atoms with Gasteiger partial charge in [-0.2, -0.15) is 5.26 Å². The monoisotopic (exact) mass is 354 g/mol. The molecule has 6 heteroatoms. The fourth-order valence-corrected chi connectivity index (χ4v) is 3.56. The number of nitrogens with zero attached hydrogens (tertiary/aromatic N) is 3. The molecule has 130 valence electrons. The molecule has 0 bridgehead atoms. The molecule has 1 aromatic carbocycles. The van der Waals surface area contributed by atoms with Crippen molar-refractivity contribution < 1.29 is 0 Å². The van der Waals surface area contributed by atoms with Crippen molar-refractivity contribution in [2.75, 3.05) is 19.3 Å². The van der Waals surface area contributed by atoms with Crippen LogP contribution in [0.4, 0.5) is 0 Å². The zero-order valence-corrected chi connectivity index (χ0v) is 15.2. The van der Waals surface area contributed by atoms with Crippen LogP contribution in [0.2, 0.25) is 0 Å². The molecule has 0 amide bonds. The summed E-state index contributed by atoms with van der Waals surface area (Å²) >= 11 is 1.36. The van der Waals surface area contributed by atoms with Crippen LogP contribution < -0.4 is 5.56 Å². The molecule has 2 aromatic rings. The summed E-state index contributed by atoms with van der Waals surface area (Å²) in [6.45, 7) is 3.27. The molecular weight excluding hydrogens is 332 g/mol. The van der Waals surface area contributed by atoms with E-state index in [0.717, 1.165) is 25.2 Å². The summed E-state index contributed by atoms with van der Waals surface area (Å²) in [6, 6.07) is 10.0. The highest BCUT2D eigenvalue weighted by molar-refractivity contribution is 7.98. The van der Waals surface area contributed by atoms with Crippen molar-refractivity contribution in [1.82, 2.24) is 14.9 Å². The molecule has 0 saturated carbocycles. The second-order valence-corrected chi connectivity index (χ2v) is 7.09. The zero-order valence-electron chi connectivity index (χ0n) is 14.4. The Hall–Kier alpha value is -2.10. The molecule has 1 aromatic heterocycles. The Morgan fingerprint density at radius 1 is 1.20 bits per heavy atom. The van der Waals surface area contributed by atoms with Gasteiger partial charge in [0.2, 0.25) is 0 Å². The van der Waals surface area contributed by atoms with Crippen LogP contribution in [0.25, 0.3) is 11.3 Å². The van der Waals surface area contributed by atoms with Crippen molar-refractivity contribution in [1.29, 1.82) is 5.26 Å². The Morgan fingerprint density at radius 3 is 2.48 bits per heavy atom. The minimum absolute atomic E-state index is 0.0677. The maximum atomic E-state index is 12.0. The molecule has 0 radical (unpaired) electrons. The first kappa shape index (κ1) is 17.7. The number of aromatic amines is 1. The number of H-pyrrole nitrogens is 1. The molecule has 0 spiro atoms. The summed E-state index contributed by atoms with van der Waals surface area (Å²) in [5.74, 6) is 0. The van der Waals surface area contributed by atoms with Gasteiger partial charge in [-0.25, -0.2) is 4.98 Å². The SMILES string of the molecule is CSc1nc(-c2ccc(CN3CCCCCC3)cc2)c(C#N)c(=O)[nH]1. The van der Waals surface area contributed by atoms with Gasteiger partial charge in [-0.3, -0.25) is 9.69 Å². The van der Waals surface area contributed by atoms with Gasteiger partial charge in [0, 0.05) is 12.1 Å². The van der Waals surface area contributed by atoms with Gasteiger partial charge < -0.3 is 4.98 Å². The number of aromatic nitrogens is 2. The third kappa shape index (κ3) is 4.30. The van der Waals surface area contributed by atoms with E-state index in [0.29, 0.717) is 10.9 Å². The minimum Gasteiger partial charge on any atom is -0.300 e. The number of nitrogens with one attached hydrogen (secondary N) is 1. The minimum atomic E-state index is -0.384. The Balaban J connectivity index is 1.84. The van der Waals surface area contributed by atoms with E-state index in [2.05, 4.69) is 27.0 Å². The molecule has 1 aliphatic heterocycles. The molecule has 1 saturated heterocycles. The Kier molecular flexibility index (Phi) is 5.90. The molecule has 3 rings (SSSR count). The van der Waals surface area contributed by atoms with Crippen molar-refractivity contribution in [2.45, 2.75) is 37.4 Å². The van der Waals surface area contributed by atoms with Crippen molar-refractivity contribution in [3.63, 3.8) is 0 Å². The number of thioether (sulfide) groups is 1. The van der Waals surface area contributed by atoms with Crippen LogP contribution in [0.1, 0.15) is 36.8 Å². The van der Waals surface area contributed by atoms with Gasteiger partial charge in [-0.05, 0) is 37.8 Å². The smallest absolute Gasteiger partial charge is 0.270 e. The molecule has 0 atom stereocenters. The van der Waals surface area contributed by atoms with Crippen LogP contribution in [0.5, 0.6) is 0 Å². The van der Waals surface area contributed by atoms with Gasteiger partial charge in [-0.15, -0.1) is 0 Å². The van der Waals surface area contributed by atoms with E-state index in [9.17, 15) is 10.1 Å². The average molecular weight is 354 g/mol. The average Bonchev–Trinajstić information content (AvgIpc) is 2.90. The lowest BCUT2D eigenvalue weighted by molar-refractivity contribution is 0.277.